The highest BCUT2D eigenvalue weighted by Gasteiger charge is 2.58. The molecule has 0 aliphatic rings. The van der Waals surface area contributed by atoms with Crippen LogP contribution in [0.25, 0.3) is 0 Å². The summed E-state index contributed by atoms with van der Waals surface area (Å²) in [5.41, 5.74) is -0.551. The van der Waals surface area contributed by atoms with Crippen LogP contribution < -0.4 is 0 Å². The van der Waals surface area contributed by atoms with E-state index in [2.05, 4.69) is 4.74 Å². The summed E-state index contributed by atoms with van der Waals surface area (Å²) in [6.07, 6.45) is -5.09. The first-order valence-electron chi connectivity index (χ1n) is 3.88. The van der Waals surface area contributed by atoms with E-state index in [0.29, 0.717) is 0 Å². The molecule has 0 fully saturated rings. The van der Waals surface area contributed by atoms with E-state index < -0.39 is 24.0 Å². The van der Waals surface area contributed by atoms with E-state index in [-0.39, 0.29) is 0 Å². The molecule has 0 aliphatic carbocycles. The van der Waals surface area contributed by atoms with Gasteiger partial charge in [0.05, 0.1) is 0 Å². The van der Waals surface area contributed by atoms with Gasteiger partial charge in [-0.05, 0) is 0 Å². The molecule has 82 valence electrons. The Balaban J connectivity index is 3.18. The number of carbonyl (C=O) groups excluding carboxylic acids is 1. The van der Waals surface area contributed by atoms with Crippen molar-refractivity contribution < 1.29 is 27.8 Å². The van der Waals surface area contributed by atoms with Crippen molar-refractivity contribution in [3.8, 4) is 0 Å². The number of rotatable bonds is 3. The molecule has 1 aromatic rings. The van der Waals surface area contributed by atoms with E-state index in [9.17, 15) is 23.1 Å². The average Bonchev–Trinajstić information content (AvgIpc) is 2.18. The van der Waals surface area contributed by atoms with Crippen LogP contribution in [0.2, 0.25) is 0 Å². The monoisotopic (exact) mass is 220 g/mol. The Hall–Kier alpha value is -1.56. The molecule has 0 aliphatic heterocycles. The molecular formula is C9H7F3O3. The first-order chi connectivity index (χ1) is 6.92. The molecule has 1 atom stereocenters. The molecule has 0 heterocycles. The summed E-state index contributed by atoms with van der Waals surface area (Å²) < 4.78 is 41.1. The van der Waals surface area contributed by atoms with Crippen LogP contribution >= 0.6 is 0 Å². The predicted octanol–water partition coefficient (Wildman–Crippen LogP) is 1.57. The van der Waals surface area contributed by atoms with Gasteiger partial charge in [0.1, 0.15) is 0 Å². The Morgan fingerprint density at radius 3 is 2.13 bits per heavy atom. The molecular weight excluding hydrogens is 213 g/mol. The van der Waals surface area contributed by atoms with Crippen molar-refractivity contribution in [3.05, 3.63) is 35.9 Å². The third kappa shape index (κ3) is 2.10. The summed E-state index contributed by atoms with van der Waals surface area (Å²) in [5.74, 6) is -3.59. The van der Waals surface area contributed by atoms with Gasteiger partial charge in [-0.15, -0.1) is 0 Å². The van der Waals surface area contributed by atoms with Gasteiger partial charge in [0, 0.05) is 5.56 Å². The van der Waals surface area contributed by atoms with Crippen LogP contribution in [0.1, 0.15) is 5.56 Å². The maximum absolute atomic E-state index is 12.4. The molecule has 3 nitrogen and oxygen atoms in total. The fourth-order valence-corrected chi connectivity index (χ4v) is 1.03. The second-order valence-corrected chi connectivity index (χ2v) is 2.72. The maximum atomic E-state index is 12.4. The molecule has 0 saturated heterocycles. The van der Waals surface area contributed by atoms with Gasteiger partial charge in [0.25, 0.3) is 6.47 Å². The largest absolute Gasteiger partial charge is 0.460 e. The van der Waals surface area contributed by atoms with Crippen LogP contribution in [0, 0.1) is 0 Å². The molecule has 1 N–H and O–H groups in total. The van der Waals surface area contributed by atoms with Crippen molar-refractivity contribution in [1.82, 2.24) is 0 Å². The molecule has 1 aromatic carbocycles. The predicted molar refractivity (Wildman–Crippen MR) is 43.5 cm³/mol. The van der Waals surface area contributed by atoms with Gasteiger partial charge >= 0.3 is 12.0 Å². The van der Waals surface area contributed by atoms with Crippen LogP contribution in [0.15, 0.2) is 30.3 Å². The molecule has 1 rings (SSSR count). The first kappa shape index (κ1) is 11.5. The van der Waals surface area contributed by atoms with Gasteiger partial charge < -0.3 is 9.84 Å². The number of benzene rings is 1. The topological polar surface area (TPSA) is 46.5 Å². The number of hydrogen-bond donors (Lipinski definition) is 1. The molecule has 15 heavy (non-hydrogen) atoms. The van der Waals surface area contributed by atoms with E-state index in [4.69, 9.17) is 0 Å². The van der Waals surface area contributed by atoms with Crippen LogP contribution in [0.3, 0.4) is 0 Å². The van der Waals surface area contributed by atoms with Crippen molar-refractivity contribution in [1.29, 1.82) is 0 Å². The summed E-state index contributed by atoms with van der Waals surface area (Å²) >= 11 is 0. The van der Waals surface area contributed by atoms with E-state index in [0.717, 1.165) is 12.1 Å². The SMILES string of the molecule is O=COC(O)(c1ccccc1)C(F)(F)F. The molecule has 0 amide bonds. The van der Waals surface area contributed by atoms with Crippen molar-refractivity contribution in [2.75, 3.05) is 0 Å². The summed E-state index contributed by atoms with van der Waals surface area (Å²) in [6.45, 7) is -0.444. The van der Waals surface area contributed by atoms with E-state index in [1.807, 2.05) is 0 Å². The number of alkyl halides is 3. The van der Waals surface area contributed by atoms with Crippen LogP contribution in [-0.2, 0) is 15.3 Å². The maximum Gasteiger partial charge on any atom is 0.460 e. The standard InChI is InChI=1S/C9H7F3O3/c10-9(11,12)8(14,15-6-13)7-4-2-1-3-5-7/h1-6,14H. The lowest BCUT2D eigenvalue weighted by Crippen LogP contribution is -2.44. The molecule has 1 unspecified atom stereocenters. The van der Waals surface area contributed by atoms with Crippen molar-refractivity contribution >= 4 is 6.47 Å². The number of hydrogen-bond acceptors (Lipinski definition) is 3. The highest BCUT2D eigenvalue weighted by Crippen LogP contribution is 2.39. The Labute approximate surface area is 83.1 Å². The number of aliphatic hydroxyl groups is 1. The van der Waals surface area contributed by atoms with E-state index in [1.165, 1.54) is 18.2 Å². The second kappa shape index (κ2) is 3.90. The molecule has 0 bridgehead atoms. The Morgan fingerprint density at radius 1 is 1.20 bits per heavy atom. The quantitative estimate of drug-likeness (QED) is 0.621. The molecule has 6 heteroatoms. The van der Waals surface area contributed by atoms with Crippen molar-refractivity contribution in [2.24, 2.45) is 0 Å². The number of halogens is 3. The normalized spacial score (nSPS) is 15.5. The lowest BCUT2D eigenvalue weighted by Gasteiger charge is -2.28. The van der Waals surface area contributed by atoms with Gasteiger partial charge in [-0.1, -0.05) is 30.3 Å². The highest BCUT2D eigenvalue weighted by molar-refractivity contribution is 5.40. The van der Waals surface area contributed by atoms with Gasteiger partial charge in [-0.25, -0.2) is 0 Å². The smallest absolute Gasteiger partial charge is 0.421 e. The van der Waals surface area contributed by atoms with Crippen LogP contribution in [0.4, 0.5) is 13.2 Å². The Kier molecular flexibility index (Phi) is 2.99. The third-order valence-corrected chi connectivity index (χ3v) is 1.77. The van der Waals surface area contributed by atoms with Crippen molar-refractivity contribution in [2.45, 2.75) is 12.0 Å². The Morgan fingerprint density at radius 2 is 1.73 bits per heavy atom. The van der Waals surface area contributed by atoms with Crippen LogP contribution in [0.5, 0.6) is 0 Å². The fourth-order valence-electron chi connectivity index (χ4n) is 1.03. The first-order valence-corrected chi connectivity index (χ1v) is 3.88. The summed E-state index contributed by atoms with van der Waals surface area (Å²) in [5, 5.41) is 9.24. The molecule has 0 saturated carbocycles. The van der Waals surface area contributed by atoms with Gasteiger partial charge in [-0.3, -0.25) is 4.79 Å². The van der Waals surface area contributed by atoms with Gasteiger partial charge in [0.15, 0.2) is 0 Å². The number of ether oxygens (including phenoxy) is 1. The Bertz CT molecular complexity index is 336. The number of carbonyl (C=O) groups is 1. The minimum atomic E-state index is -5.09. The minimum Gasteiger partial charge on any atom is -0.421 e. The average molecular weight is 220 g/mol. The summed E-state index contributed by atoms with van der Waals surface area (Å²) in [4.78, 5) is 9.96. The van der Waals surface area contributed by atoms with Crippen molar-refractivity contribution in [3.63, 3.8) is 0 Å². The van der Waals surface area contributed by atoms with E-state index in [1.54, 1.807) is 0 Å². The molecule has 0 radical (unpaired) electrons. The minimum absolute atomic E-state index is 0.444. The zero-order valence-corrected chi connectivity index (χ0v) is 7.36. The zero-order chi connectivity index (χ0) is 11.5. The van der Waals surface area contributed by atoms with Crippen LogP contribution in [-0.4, -0.2) is 17.8 Å². The third-order valence-electron chi connectivity index (χ3n) is 1.77. The summed E-state index contributed by atoms with van der Waals surface area (Å²) in [6, 6.07) is 6.08. The fraction of sp³-hybridized carbons (Fsp3) is 0.222. The highest BCUT2D eigenvalue weighted by atomic mass is 19.4. The van der Waals surface area contributed by atoms with E-state index >= 15 is 0 Å². The van der Waals surface area contributed by atoms with Gasteiger partial charge in [0.2, 0.25) is 0 Å². The summed E-state index contributed by atoms with van der Waals surface area (Å²) in [7, 11) is 0. The van der Waals surface area contributed by atoms with Gasteiger partial charge in [-0.2, -0.15) is 13.2 Å². The zero-order valence-electron chi connectivity index (χ0n) is 7.36. The molecule has 0 spiro atoms. The lowest BCUT2D eigenvalue weighted by molar-refractivity contribution is -0.356. The second-order valence-electron chi connectivity index (χ2n) is 2.72. The molecule has 0 aromatic heterocycles. The lowest BCUT2D eigenvalue weighted by atomic mass is 10.1.